The van der Waals surface area contributed by atoms with Crippen LogP contribution in [0.15, 0.2) is 59.7 Å². The van der Waals surface area contributed by atoms with E-state index < -0.39 is 0 Å². The number of rotatable bonds is 7. The van der Waals surface area contributed by atoms with E-state index in [9.17, 15) is 9.18 Å². The number of hydrogen-bond acceptors (Lipinski definition) is 7. The van der Waals surface area contributed by atoms with Gasteiger partial charge in [-0.2, -0.15) is 0 Å². The van der Waals surface area contributed by atoms with E-state index in [-0.39, 0.29) is 11.4 Å². The Labute approximate surface area is 219 Å². The van der Waals surface area contributed by atoms with Crippen LogP contribution in [0.2, 0.25) is 0 Å². The molecule has 2 aromatic heterocycles. The molecule has 7 nitrogen and oxygen atoms in total. The molecule has 4 aromatic rings. The summed E-state index contributed by atoms with van der Waals surface area (Å²) < 4.78 is 32.6. The molecular weight excluding hydrogens is 493 g/mol. The van der Waals surface area contributed by atoms with Gasteiger partial charge in [0.15, 0.2) is 11.5 Å². The smallest absolute Gasteiger partial charge is 0.275 e. The summed E-state index contributed by atoms with van der Waals surface area (Å²) in [7, 11) is 1.59. The van der Waals surface area contributed by atoms with Crippen molar-refractivity contribution in [1.82, 2.24) is 14.5 Å². The number of nitrogens with zero attached hydrogens (tertiary/aromatic N) is 3. The zero-order valence-electron chi connectivity index (χ0n) is 20.8. The van der Waals surface area contributed by atoms with E-state index in [0.717, 1.165) is 62.6 Å². The summed E-state index contributed by atoms with van der Waals surface area (Å²) in [4.78, 5) is 21.1. The third kappa shape index (κ3) is 6.01. The Hall–Kier alpha value is -3.27. The molecule has 194 valence electrons. The number of benzene rings is 2. The van der Waals surface area contributed by atoms with Crippen LogP contribution in [0.25, 0.3) is 26.3 Å². The van der Waals surface area contributed by atoms with Crippen LogP contribution in [-0.4, -0.2) is 61.0 Å². The number of hydrogen-bond donors (Lipinski definition) is 0. The summed E-state index contributed by atoms with van der Waals surface area (Å²) in [5.41, 5.74) is 1.93. The number of aromatic nitrogens is 2. The Balaban J connectivity index is 1.32. The molecule has 0 N–H and O–H groups in total. The van der Waals surface area contributed by atoms with Crippen LogP contribution in [0.3, 0.4) is 0 Å². The zero-order valence-corrected chi connectivity index (χ0v) is 21.6. The van der Waals surface area contributed by atoms with E-state index >= 15 is 0 Å². The van der Waals surface area contributed by atoms with E-state index in [1.807, 2.05) is 18.2 Å². The quantitative estimate of drug-likeness (QED) is 0.334. The number of fused-ring (bicyclic) bond motifs is 1. The minimum Gasteiger partial charge on any atom is -0.493 e. The molecule has 1 aliphatic rings. The summed E-state index contributed by atoms with van der Waals surface area (Å²) >= 11 is 1.35. The maximum atomic E-state index is 13.3. The maximum absolute atomic E-state index is 13.3. The van der Waals surface area contributed by atoms with Crippen molar-refractivity contribution >= 4 is 21.6 Å². The SMILES string of the molecule is COc1cc(-n2cnc3cc(-c4ccc(F)cc4)sc3c2=O)ccc1OCCN1CCCCOCCC1. The number of ether oxygens (including phenoxy) is 3. The molecule has 0 saturated carbocycles. The summed E-state index contributed by atoms with van der Waals surface area (Å²) in [5, 5.41) is 0. The van der Waals surface area contributed by atoms with Gasteiger partial charge in [-0.3, -0.25) is 14.3 Å². The Kier molecular flexibility index (Phi) is 8.13. The lowest BCUT2D eigenvalue weighted by Gasteiger charge is -2.21. The fourth-order valence-electron chi connectivity index (χ4n) is 4.43. The third-order valence-corrected chi connectivity index (χ3v) is 7.59. The van der Waals surface area contributed by atoms with Crippen molar-refractivity contribution in [1.29, 1.82) is 0 Å². The van der Waals surface area contributed by atoms with Crippen molar-refractivity contribution in [3.05, 3.63) is 71.0 Å². The van der Waals surface area contributed by atoms with Gasteiger partial charge in [0, 0.05) is 37.2 Å². The monoisotopic (exact) mass is 523 g/mol. The van der Waals surface area contributed by atoms with Crippen molar-refractivity contribution in [2.75, 3.05) is 46.6 Å². The first kappa shape index (κ1) is 25.4. The van der Waals surface area contributed by atoms with E-state index in [0.29, 0.717) is 34.0 Å². The largest absolute Gasteiger partial charge is 0.493 e. The lowest BCUT2D eigenvalue weighted by molar-refractivity contribution is 0.129. The first-order chi connectivity index (χ1) is 18.1. The molecule has 0 unspecified atom stereocenters. The minimum absolute atomic E-state index is 0.170. The Bertz CT molecular complexity index is 1390. The van der Waals surface area contributed by atoms with Gasteiger partial charge in [0.05, 0.1) is 18.3 Å². The van der Waals surface area contributed by atoms with Crippen LogP contribution in [0.1, 0.15) is 19.3 Å². The molecule has 0 atom stereocenters. The molecule has 37 heavy (non-hydrogen) atoms. The van der Waals surface area contributed by atoms with Crippen molar-refractivity contribution in [3.63, 3.8) is 0 Å². The van der Waals surface area contributed by atoms with Crippen LogP contribution in [0, 0.1) is 5.82 Å². The van der Waals surface area contributed by atoms with E-state index in [1.165, 1.54) is 34.4 Å². The van der Waals surface area contributed by atoms with Gasteiger partial charge in [-0.05, 0) is 61.7 Å². The summed E-state index contributed by atoms with van der Waals surface area (Å²) in [6.07, 6.45) is 4.77. The van der Waals surface area contributed by atoms with Crippen LogP contribution in [-0.2, 0) is 4.74 Å². The van der Waals surface area contributed by atoms with Gasteiger partial charge in [0.2, 0.25) is 0 Å². The first-order valence-electron chi connectivity index (χ1n) is 12.5. The molecular formula is C28H30FN3O4S. The highest BCUT2D eigenvalue weighted by Gasteiger charge is 2.14. The molecule has 0 radical (unpaired) electrons. The van der Waals surface area contributed by atoms with Gasteiger partial charge in [-0.25, -0.2) is 9.37 Å². The van der Waals surface area contributed by atoms with Gasteiger partial charge < -0.3 is 14.2 Å². The number of methoxy groups -OCH3 is 1. The molecule has 2 aromatic carbocycles. The summed E-state index contributed by atoms with van der Waals surface area (Å²) in [5.74, 6) is 0.894. The lowest BCUT2D eigenvalue weighted by atomic mass is 10.2. The molecule has 0 aliphatic carbocycles. The van der Waals surface area contributed by atoms with Gasteiger partial charge >= 0.3 is 0 Å². The fourth-order valence-corrected chi connectivity index (χ4v) is 5.48. The van der Waals surface area contributed by atoms with Gasteiger partial charge in [-0.15, -0.1) is 11.3 Å². The fraction of sp³-hybridized carbons (Fsp3) is 0.357. The number of halogens is 1. The minimum atomic E-state index is -0.297. The first-order valence-corrected chi connectivity index (χ1v) is 13.3. The van der Waals surface area contributed by atoms with Crippen LogP contribution < -0.4 is 15.0 Å². The van der Waals surface area contributed by atoms with Crippen LogP contribution in [0.4, 0.5) is 4.39 Å². The Morgan fingerprint density at radius 1 is 1.03 bits per heavy atom. The highest BCUT2D eigenvalue weighted by atomic mass is 32.1. The standard InChI is InChI=1S/C28H30FN3O4S/c1-34-25-17-22(9-10-24(25)36-16-13-31-11-2-3-14-35-15-4-12-31)32-19-30-23-18-26(37-27(23)28(32)33)20-5-7-21(29)8-6-20/h5-10,17-19H,2-4,11-16H2,1H3. The molecule has 3 heterocycles. The summed E-state index contributed by atoms with van der Waals surface area (Å²) in [6.45, 7) is 5.09. The van der Waals surface area contributed by atoms with E-state index in [2.05, 4.69) is 9.88 Å². The van der Waals surface area contributed by atoms with Gasteiger partial charge in [0.25, 0.3) is 5.56 Å². The molecule has 1 saturated heterocycles. The van der Waals surface area contributed by atoms with Crippen LogP contribution >= 0.6 is 11.3 Å². The second-order valence-electron chi connectivity index (χ2n) is 8.95. The van der Waals surface area contributed by atoms with Crippen molar-refractivity contribution in [2.24, 2.45) is 0 Å². The molecule has 5 rings (SSSR count). The molecule has 0 amide bonds. The Morgan fingerprint density at radius 2 is 1.84 bits per heavy atom. The van der Waals surface area contributed by atoms with Crippen molar-refractivity contribution < 1.29 is 18.6 Å². The molecule has 0 spiro atoms. The average Bonchev–Trinajstić information content (AvgIpc) is 3.40. The van der Waals surface area contributed by atoms with Gasteiger partial charge in [-0.1, -0.05) is 12.1 Å². The molecule has 1 fully saturated rings. The third-order valence-electron chi connectivity index (χ3n) is 6.43. The second kappa shape index (κ2) is 11.9. The highest BCUT2D eigenvalue weighted by molar-refractivity contribution is 7.22. The lowest BCUT2D eigenvalue weighted by Crippen LogP contribution is -2.30. The van der Waals surface area contributed by atoms with Crippen LogP contribution in [0.5, 0.6) is 11.5 Å². The maximum Gasteiger partial charge on any atom is 0.275 e. The van der Waals surface area contributed by atoms with Crippen molar-refractivity contribution in [2.45, 2.75) is 19.3 Å². The predicted octanol–water partition coefficient (Wildman–Crippen LogP) is 5.14. The molecule has 9 heteroatoms. The second-order valence-corrected chi connectivity index (χ2v) is 10.0. The Morgan fingerprint density at radius 3 is 2.68 bits per heavy atom. The van der Waals surface area contributed by atoms with Gasteiger partial charge in [0.1, 0.15) is 23.5 Å². The van der Waals surface area contributed by atoms with E-state index in [1.54, 1.807) is 25.3 Å². The average molecular weight is 524 g/mol. The predicted molar refractivity (Wildman–Crippen MR) is 144 cm³/mol. The molecule has 0 bridgehead atoms. The highest BCUT2D eigenvalue weighted by Crippen LogP contribution is 2.32. The summed E-state index contributed by atoms with van der Waals surface area (Å²) in [6, 6.07) is 13.5. The number of thiophene rings is 1. The molecule has 1 aliphatic heterocycles. The van der Waals surface area contributed by atoms with E-state index in [4.69, 9.17) is 14.2 Å². The zero-order chi connectivity index (χ0) is 25.6. The normalized spacial score (nSPS) is 15.2. The van der Waals surface area contributed by atoms with Crippen molar-refractivity contribution in [3.8, 4) is 27.6 Å². The topological polar surface area (TPSA) is 65.8 Å².